The lowest BCUT2D eigenvalue weighted by Gasteiger charge is -2.06. The first kappa shape index (κ1) is 10.4. The second-order valence-electron chi connectivity index (χ2n) is 3.39. The van der Waals surface area contributed by atoms with E-state index >= 15 is 0 Å². The number of hydrogen-bond donors (Lipinski definition) is 1. The molecule has 0 bridgehead atoms. The number of halogens is 1. The van der Waals surface area contributed by atoms with E-state index < -0.39 is 5.91 Å². The molecule has 3 nitrogen and oxygen atoms in total. The first-order valence-corrected chi connectivity index (χ1v) is 4.78. The Hall–Kier alpha value is -2.10. The van der Waals surface area contributed by atoms with Crippen molar-refractivity contribution >= 4 is 11.6 Å². The van der Waals surface area contributed by atoms with Crippen LogP contribution in [0.25, 0.3) is 0 Å². The minimum absolute atomic E-state index is 0.198. The molecule has 1 amide bonds. The zero-order valence-electron chi connectivity index (χ0n) is 8.66. The summed E-state index contributed by atoms with van der Waals surface area (Å²) < 4.78 is 17.9. The van der Waals surface area contributed by atoms with Crippen LogP contribution in [0.1, 0.15) is 16.1 Å². The summed E-state index contributed by atoms with van der Waals surface area (Å²) >= 11 is 0. The number of hydrogen-bond acceptors (Lipinski definition) is 2. The molecule has 0 saturated carbocycles. The third-order valence-electron chi connectivity index (χ3n) is 2.19. The van der Waals surface area contributed by atoms with E-state index in [1.807, 2.05) is 0 Å². The fraction of sp³-hybridized carbons (Fsp3) is 0.0833. The van der Waals surface area contributed by atoms with E-state index in [0.29, 0.717) is 5.69 Å². The van der Waals surface area contributed by atoms with Crippen LogP contribution < -0.4 is 5.32 Å². The van der Waals surface area contributed by atoms with Gasteiger partial charge in [0.2, 0.25) is 0 Å². The highest BCUT2D eigenvalue weighted by Crippen LogP contribution is 2.17. The van der Waals surface area contributed by atoms with Crippen molar-refractivity contribution in [3.05, 3.63) is 53.7 Å². The van der Waals surface area contributed by atoms with E-state index in [4.69, 9.17) is 4.42 Å². The maximum absolute atomic E-state index is 13.0. The van der Waals surface area contributed by atoms with Gasteiger partial charge in [-0.05, 0) is 36.8 Å². The predicted molar refractivity (Wildman–Crippen MR) is 57.8 cm³/mol. The zero-order chi connectivity index (χ0) is 11.5. The molecule has 1 heterocycles. The molecule has 82 valence electrons. The smallest absolute Gasteiger partial charge is 0.291 e. The van der Waals surface area contributed by atoms with Crippen LogP contribution in [-0.2, 0) is 0 Å². The Morgan fingerprint density at radius 3 is 2.88 bits per heavy atom. The molecule has 1 N–H and O–H groups in total. The van der Waals surface area contributed by atoms with E-state index in [9.17, 15) is 9.18 Å². The molecule has 2 rings (SSSR count). The van der Waals surface area contributed by atoms with Crippen molar-refractivity contribution in [2.45, 2.75) is 6.92 Å². The topological polar surface area (TPSA) is 42.2 Å². The number of aryl methyl sites for hydroxylation is 1. The van der Waals surface area contributed by atoms with Gasteiger partial charge < -0.3 is 9.73 Å². The summed E-state index contributed by atoms with van der Waals surface area (Å²) in [7, 11) is 0. The average Bonchev–Trinajstić information content (AvgIpc) is 2.76. The lowest BCUT2D eigenvalue weighted by atomic mass is 10.2. The summed E-state index contributed by atoms with van der Waals surface area (Å²) in [5.41, 5.74) is 1.24. The molecule has 0 spiro atoms. The summed E-state index contributed by atoms with van der Waals surface area (Å²) in [6, 6.07) is 7.39. The third-order valence-corrected chi connectivity index (χ3v) is 2.19. The number of nitrogens with one attached hydrogen (secondary N) is 1. The number of anilines is 1. The van der Waals surface area contributed by atoms with Crippen LogP contribution in [0.15, 0.2) is 41.0 Å². The van der Waals surface area contributed by atoms with Gasteiger partial charge in [-0.3, -0.25) is 4.79 Å². The Morgan fingerprint density at radius 2 is 2.19 bits per heavy atom. The van der Waals surface area contributed by atoms with Crippen LogP contribution in [0.2, 0.25) is 0 Å². The largest absolute Gasteiger partial charge is 0.459 e. The highest BCUT2D eigenvalue weighted by molar-refractivity contribution is 6.02. The third kappa shape index (κ3) is 2.11. The molecule has 0 saturated heterocycles. The number of benzene rings is 1. The van der Waals surface area contributed by atoms with Gasteiger partial charge in [-0.15, -0.1) is 0 Å². The minimum Gasteiger partial charge on any atom is -0.459 e. The molecule has 0 aliphatic heterocycles. The lowest BCUT2D eigenvalue weighted by Crippen LogP contribution is -2.11. The maximum atomic E-state index is 13.0. The maximum Gasteiger partial charge on any atom is 0.291 e. The number of amides is 1. The predicted octanol–water partition coefficient (Wildman–Crippen LogP) is 2.98. The van der Waals surface area contributed by atoms with Gasteiger partial charge in [-0.2, -0.15) is 0 Å². The Morgan fingerprint density at radius 1 is 1.38 bits per heavy atom. The Balaban J connectivity index is 2.21. The summed E-state index contributed by atoms with van der Waals surface area (Å²) in [5, 5.41) is 2.58. The van der Waals surface area contributed by atoms with E-state index in [-0.39, 0.29) is 11.6 Å². The monoisotopic (exact) mass is 219 g/mol. The van der Waals surface area contributed by atoms with Gasteiger partial charge in [-0.1, -0.05) is 6.07 Å². The molecular weight excluding hydrogens is 209 g/mol. The van der Waals surface area contributed by atoms with Crippen molar-refractivity contribution in [1.82, 2.24) is 0 Å². The Labute approximate surface area is 91.9 Å². The summed E-state index contributed by atoms with van der Waals surface area (Å²) in [6.07, 6.45) is 1.41. The van der Waals surface area contributed by atoms with Crippen LogP contribution in [0.3, 0.4) is 0 Å². The van der Waals surface area contributed by atoms with Gasteiger partial charge in [-0.25, -0.2) is 4.39 Å². The van der Waals surface area contributed by atoms with Crippen molar-refractivity contribution in [1.29, 1.82) is 0 Å². The normalized spacial score (nSPS) is 10.1. The van der Waals surface area contributed by atoms with Gasteiger partial charge in [0.1, 0.15) is 5.82 Å². The van der Waals surface area contributed by atoms with Crippen LogP contribution in [0.5, 0.6) is 0 Å². The number of carbonyl (C=O) groups excluding carboxylic acids is 1. The molecule has 4 heteroatoms. The fourth-order valence-electron chi connectivity index (χ4n) is 1.32. The summed E-state index contributed by atoms with van der Waals surface area (Å²) in [6.45, 7) is 1.79. The van der Waals surface area contributed by atoms with Crippen LogP contribution in [-0.4, -0.2) is 5.91 Å². The lowest BCUT2D eigenvalue weighted by molar-refractivity contribution is 0.0996. The van der Waals surface area contributed by atoms with Crippen LogP contribution >= 0.6 is 0 Å². The quantitative estimate of drug-likeness (QED) is 0.843. The first-order valence-electron chi connectivity index (χ1n) is 4.78. The summed E-state index contributed by atoms with van der Waals surface area (Å²) in [5.74, 6) is -0.581. The van der Waals surface area contributed by atoms with Crippen LogP contribution in [0, 0.1) is 12.7 Å². The Kier molecular flexibility index (Phi) is 2.72. The van der Waals surface area contributed by atoms with Gasteiger partial charge in [0.25, 0.3) is 5.91 Å². The molecular formula is C12H10FNO2. The van der Waals surface area contributed by atoms with E-state index in [1.165, 1.54) is 18.4 Å². The van der Waals surface area contributed by atoms with E-state index in [1.54, 1.807) is 25.1 Å². The molecule has 1 aromatic heterocycles. The average molecular weight is 219 g/mol. The fourth-order valence-corrected chi connectivity index (χ4v) is 1.32. The Bertz CT molecular complexity index is 506. The number of rotatable bonds is 2. The second-order valence-corrected chi connectivity index (χ2v) is 3.39. The molecule has 2 aromatic rings. The van der Waals surface area contributed by atoms with Gasteiger partial charge in [0.05, 0.1) is 6.26 Å². The molecule has 0 atom stereocenters. The van der Waals surface area contributed by atoms with Crippen molar-refractivity contribution in [2.75, 3.05) is 5.32 Å². The molecule has 1 aromatic carbocycles. The SMILES string of the molecule is Cc1ccc(F)cc1NC(=O)c1ccco1. The highest BCUT2D eigenvalue weighted by atomic mass is 19.1. The first-order chi connectivity index (χ1) is 7.66. The van der Waals surface area contributed by atoms with E-state index in [2.05, 4.69) is 5.32 Å². The standard InChI is InChI=1S/C12H10FNO2/c1-8-4-5-9(13)7-10(8)14-12(15)11-3-2-6-16-11/h2-7H,1H3,(H,14,15). The van der Waals surface area contributed by atoms with Crippen LogP contribution in [0.4, 0.5) is 10.1 Å². The molecule has 0 radical (unpaired) electrons. The van der Waals surface area contributed by atoms with E-state index in [0.717, 1.165) is 5.56 Å². The van der Waals surface area contributed by atoms with Gasteiger partial charge >= 0.3 is 0 Å². The second kappa shape index (κ2) is 4.18. The minimum atomic E-state index is -0.390. The molecule has 0 fully saturated rings. The van der Waals surface area contributed by atoms with Crippen molar-refractivity contribution in [3.63, 3.8) is 0 Å². The highest BCUT2D eigenvalue weighted by Gasteiger charge is 2.10. The molecule has 0 aliphatic carbocycles. The summed E-state index contributed by atoms with van der Waals surface area (Å²) in [4.78, 5) is 11.6. The van der Waals surface area contributed by atoms with Gasteiger partial charge in [0, 0.05) is 5.69 Å². The zero-order valence-corrected chi connectivity index (χ0v) is 8.66. The number of furan rings is 1. The van der Waals surface area contributed by atoms with Crippen molar-refractivity contribution in [3.8, 4) is 0 Å². The number of carbonyl (C=O) groups is 1. The molecule has 0 aliphatic rings. The van der Waals surface area contributed by atoms with Gasteiger partial charge in [0.15, 0.2) is 5.76 Å². The molecule has 0 unspecified atom stereocenters. The molecule has 16 heavy (non-hydrogen) atoms. The van der Waals surface area contributed by atoms with Crippen molar-refractivity contribution in [2.24, 2.45) is 0 Å². The van der Waals surface area contributed by atoms with Crippen molar-refractivity contribution < 1.29 is 13.6 Å².